The van der Waals surface area contributed by atoms with Crippen LogP contribution in [0.1, 0.15) is 32.6 Å². The van der Waals surface area contributed by atoms with Gasteiger partial charge in [0.25, 0.3) is 0 Å². The Morgan fingerprint density at radius 1 is 0.569 bits per heavy atom. The number of alkyl halides is 6. The van der Waals surface area contributed by atoms with Crippen LogP contribution in [0.4, 0.5) is 70.6 Å². The first-order chi connectivity index (χ1) is 27.2. The van der Waals surface area contributed by atoms with Gasteiger partial charge in [0.05, 0.1) is 28.2 Å². The molecular weight excluding hydrogens is 802 g/mol. The molecule has 0 aliphatic rings. The Morgan fingerprint density at radius 3 is 1.19 bits per heavy atom. The highest BCUT2D eigenvalue weighted by atomic mass is 19.4. The van der Waals surface area contributed by atoms with Crippen LogP contribution in [0.3, 0.4) is 0 Å². The topological polar surface area (TPSA) is 231 Å². The van der Waals surface area contributed by atoms with Crippen molar-refractivity contribution in [3.8, 4) is 0 Å². The molecule has 0 bridgehead atoms. The van der Waals surface area contributed by atoms with Crippen LogP contribution in [0, 0.1) is 0 Å². The molecule has 302 valence electrons. The summed E-state index contributed by atoms with van der Waals surface area (Å²) in [4.78, 5) is 59.2. The molecule has 0 atom stereocenters. The summed E-state index contributed by atoms with van der Waals surface area (Å²) < 4.78 is 113. The number of aliphatic imine (C=N–C) groups is 5. The van der Waals surface area contributed by atoms with E-state index < -0.39 is 42.0 Å². The third-order valence-electron chi connectivity index (χ3n) is 6.10. The summed E-state index contributed by atoms with van der Waals surface area (Å²) >= 11 is 0. The highest BCUT2D eigenvalue weighted by molar-refractivity contribution is 6.03. The highest BCUT2D eigenvalue weighted by Gasteiger charge is 2.30. The van der Waals surface area contributed by atoms with Gasteiger partial charge in [-0.2, -0.15) is 31.3 Å². The highest BCUT2D eigenvalue weighted by Crippen LogP contribution is 2.31. The first-order valence-corrected chi connectivity index (χ1v) is 14.8. The molecule has 0 spiro atoms. The van der Waals surface area contributed by atoms with Gasteiger partial charge in [-0.1, -0.05) is 24.3 Å². The van der Waals surface area contributed by atoms with E-state index in [1.54, 1.807) is 24.3 Å². The van der Waals surface area contributed by atoms with Crippen molar-refractivity contribution in [1.82, 2.24) is 0 Å². The van der Waals surface area contributed by atoms with Crippen molar-refractivity contribution in [3.05, 3.63) is 135 Å². The summed E-state index contributed by atoms with van der Waals surface area (Å²) in [5, 5.41) is 2.96. The average Bonchev–Trinajstić information content (AvgIpc) is 3.15. The molecule has 0 heterocycles. The Balaban J connectivity index is 0.000000490. The molecule has 4 aromatic rings. The van der Waals surface area contributed by atoms with Crippen LogP contribution in [0.15, 0.2) is 127 Å². The lowest BCUT2D eigenvalue weighted by Crippen LogP contribution is -2.13. The number of nitrogens with two attached hydrogens (primary N) is 2. The predicted octanol–water partition coefficient (Wildman–Crippen LogP) is 10.0. The Bertz CT molecular complexity index is 2190. The van der Waals surface area contributed by atoms with E-state index in [-0.39, 0.29) is 22.9 Å². The lowest BCUT2D eigenvalue weighted by Gasteiger charge is -2.05. The first kappa shape index (κ1) is 48.2. The zero-order valence-electron chi connectivity index (χ0n) is 28.5. The Kier molecular flexibility index (Phi) is 19.8. The van der Waals surface area contributed by atoms with Gasteiger partial charge in [0, 0.05) is 21.6 Å². The molecule has 24 heteroatoms. The quantitative estimate of drug-likeness (QED) is 0.0256. The molecular formula is C34H22F10N10O4. The van der Waals surface area contributed by atoms with Gasteiger partial charge in [-0.15, -0.1) is 17.6 Å². The van der Waals surface area contributed by atoms with E-state index in [1.165, 1.54) is 54.6 Å². The third kappa shape index (κ3) is 19.5. The first-order valence-electron chi connectivity index (χ1n) is 14.8. The van der Waals surface area contributed by atoms with Crippen LogP contribution in [0.5, 0.6) is 0 Å². The second-order valence-electron chi connectivity index (χ2n) is 9.88. The Morgan fingerprint density at radius 2 is 0.879 bits per heavy atom. The maximum atomic E-state index is 12.5. The molecule has 0 saturated carbocycles. The van der Waals surface area contributed by atoms with Gasteiger partial charge in [0.1, 0.15) is 24.3 Å². The van der Waals surface area contributed by atoms with E-state index >= 15 is 0 Å². The predicted molar refractivity (Wildman–Crippen MR) is 190 cm³/mol. The monoisotopic (exact) mass is 824 g/mol. The van der Waals surface area contributed by atoms with Crippen LogP contribution >= 0.6 is 0 Å². The molecule has 0 aliphatic heterocycles. The molecule has 0 fully saturated rings. The van der Waals surface area contributed by atoms with Gasteiger partial charge in [0.2, 0.25) is 12.0 Å². The molecule has 0 aliphatic carbocycles. The number of amidine groups is 2. The van der Waals surface area contributed by atoms with Crippen molar-refractivity contribution in [2.45, 2.75) is 12.4 Å². The second kappa shape index (κ2) is 23.8. The van der Waals surface area contributed by atoms with Gasteiger partial charge in [-0.05, 0) is 83.4 Å². The molecule has 0 saturated heterocycles. The number of nitrogens with zero attached hydrogens (tertiary/aromatic N) is 8. The second-order valence-corrected chi connectivity index (χ2v) is 9.88. The fraction of sp³-hybridized carbons (Fsp3) is 0.0588. The molecule has 0 radical (unpaired) electrons. The van der Waals surface area contributed by atoms with Crippen LogP contribution in [-0.4, -0.2) is 48.9 Å². The molecule has 4 rings (SSSR count). The minimum Gasteiger partial charge on any atom is -0.383 e. The smallest absolute Gasteiger partial charge is 0.383 e. The number of hydrogen-bond acceptors (Lipinski definition) is 7. The Hall–Kier alpha value is -7.84. The molecule has 4 N–H and O–H groups in total. The summed E-state index contributed by atoms with van der Waals surface area (Å²) in [5.74, 6) is -0.478. The van der Waals surface area contributed by atoms with Crippen LogP contribution < -0.4 is 11.5 Å². The zero-order valence-corrected chi connectivity index (χ0v) is 28.5. The molecule has 58 heavy (non-hydrogen) atoms. The number of rotatable bonds is 8. The van der Waals surface area contributed by atoms with Crippen molar-refractivity contribution in [3.63, 3.8) is 0 Å². The fourth-order valence-electron chi connectivity index (χ4n) is 3.58. The summed E-state index contributed by atoms with van der Waals surface area (Å²) in [6.45, 7) is 0. The SMILES string of the molecule is NC(=NC=Nc1ccc(C(F)(F)F)cc1)c1ccc(N=C=O)cc1.O=C(F)F.O=C(F)F.[N-]=[N+]=NC(=O)c1ccc(C(N)=NC=Nc2ccc(C(F)(F)F)cc2)cc1. The summed E-state index contributed by atoms with van der Waals surface area (Å²) in [5.41, 5.74) is 20.5. The number of benzene rings is 4. The number of isocyanates is 1. The van der Waals surface area contributed by atoms with Gasteiger partial charge >= 0.3 is 24.9 Å². The maximum Gasteiger partial charge on any atom is 0.483 e. The molecule has 0 aromatic heterocycles. The van der Waals surface area contributed by atoms with E-state index in [0.29, 0.717) is 22.5 Å². The number of halogens is 10. The van der Waals surface area contributed by atoms with Crippen molar-refractivity contribution in [2.24, 2.45) is 41.5 Å². The summed E-state index contributed by atoms with van der Waals surface area (Å²) in [6, 6.07) is 20.8. The van der Waals surface area contributed by atoms with Crippen LogP contribution in [-0.2, 0) is 17.1 Å². The lowest BCUT2D eigenvalue weighted by molar-refractivity contribution is -0.138. The molecule has 4 aromatic carbocycles. The van der Waals surface area contributed by atoms with E-state index in [2.05, 4.69) is 35.0 Å². The number of amides is 1. The largest absolute Gasteiger partial charge is 0.483 e. The molecule has 1 amide bonds. The van der Waals surface area contributed by atoms with E-state index in [4.69, 9.17) is 26.6 Å². The molecule has 14 nitrogen and oxygen atoms in total. The van der Waals surface area contributed by atoms with Crippen molar-refractivity contribution >= 4 is 66.0 Å². The number of carbonyl (C=O) groups is 3. The van der Waals surface area contributed by atoms with E-state index in [0.717, 1.165) is 36.9 Å². The normalized spacial score (nSPS) is 11.3. The van der Waals surface area contributed by atoms with Crippen molar-refractivity contribution in [1.29, 1.82) is 0 Å². The lowest BCUT2D eigenvalue weighted by atomic mass is 10.1. The van der Waals surface area contributed by atoms with Gasteiger partial charge < -0.3 is 11.5 Å². The standard InChI is InChI=1S/C16H11F3N6O.C16H11F3N4O.2CF2O/c17-16(18,19)12-5-7-13(8-6-12)22-9-23-14(20)10-1-3-11(4-2-10)15(26)24-25-21;17-16(18,19)12-3-7-13(8-4-12)21-9-22-15(20)11-1-5-14(6-2-11)23-10-24;2*2-1(3)4/h1-9H,(H2,20,22,23);1-9H,(H2,20,21,22);;. The minimum absolute atomic E-state index is 0.0865. The van der Waals surface area contributed by atoms with Gasteiger partial charge in [0.15, 0.2) is 0 Å². The van der Waals surface area contributed by atoms with Gasteiger partial charge in [-0.3, -0.25) is 4.79 Å². The van der Waals surface area contributed by atoms with Crippen LogP contribution in [0.2, 0.25) is 0 Å². The van der Waals surface area contributed by atoms with Crippen LogP contribution in [0.25, 0.3) is 10.4 Å². The van der Waals surface area contributed by atoms with Gasteiger partial charge in [-0.25, -0.2) is 34.4 Å². The number of azide groups is 1. The maximum absolute atomic E-state index is 12.5. The Labute approximate surface area is 318 Å². The van der Waals surface area contributed by atoms with E-state index in [9.17, 15) is 53.5 Å². The molecule has 0 unspecified atom stereocenters. The minimum atomic E-state index is -4.41. The average molecular weight is 825 g/mol. The van der Waals surface area contributed by atoms with Crippen molar-refractivity contribution < 1.29 is 63.1 Å². The van der Waals surface area contributed by atoms with Crippen molar-refractivity contribution in [2.75, 3.05) is 0 Å². The van der Waals surface area contributed by atoms with E-state index in [1.807, 2.05) is 0 Å². The fourth-order valence-corrected chi connectivity index (χ4v) is 3.58. The number of hydrogen-bond donors (Lipinski definition) is 2. The third-order valence-corrected chi connectivity index (χ3v) is 6.10. The summed E-state index contributed by atoms with van der Waals surface area (Å²) in [6.07, 6.45) is -10.8. The summed E-state index contributed by atoms with van der Waals surface area (Å²) in [7, 11) is 0. The number of carbonyl (C=O) groups excluding carboxylic acids is 4. The zero-order chi connectivity index (χ0) is 43.9.